The van der Waals surface area contributed by atoms with Gasteiger partial charge in [-0.3, -0.25) is 0 Å². The molecule has 1 unspecified atom stereocenters. The first kappa shape index (κ1) is 7.04. The van der Waals surface area contributed by atoms with E-state index < -0.39 is 0 Å². The zero-order valence-corrected chi connectivity index (χ0v) is 7.56. The van der Waals surface area contributed by atoms with Crippen molar-refractivity contribution in [3.63, 3.8) is 0 Å². The van der Waals surface area contributed by atoms with E-state index in [-0.39, 0.29) is 0 Å². The Bertz CT molecular complexity index is 299. The predicted molar refractivity (Wildman–Crippen MR) is 48.9 cm³/mol. The molecule has 1 nitrogen and oxygen atoms in total. The molecule has 0 spiro atoms. The van der Waals surface area contributed by atoms with E-state index in [9.17, 15) is 0 Å². The van der Waals surface area contributed by atoms with Crippen molar-refractivity contribution in [2.24, 2.45) is 0 Å². The lowest BCUT2D eigenvalue weighted by molar-refractivity contribution is 0.838. The van der Waals surface area contributed by atoms with E-state index in [0.717, 1.165) is 0 Å². The standard InChI is InChI=1S/C9H11NS/c1-3-6-11-9-5-4-8-7(2)10(8)9/h3-7H,1-2H3. The molecule has 1 aliphatic rings. The van der Waals surface area contributed by atoms with E-state index in [2.05, 4.69) is 35.1 Å². The molecule has 1 aromatic heterocycles. The minimum Gasteiger partial charge on any atom is -0.329 e. The molecular weight excluding hydrogens is 154 g/mol. The summed E-state index contributed by atoms with van der Waals surface area (Å²) in [5.74, 6) is 0. The second kappa shape index (κ2) is 2.45. The van der Waals surface area contributed by atoms with E-state index in [4.69, 9.17) is 0 Å². The molecule has 1 aliphatic heterocycles. The van der Waals surface area contributed by atoms with Crippen LogP contribution in [0, 0.1) is 0 Å². The van der Waals surface area contributed by atoms with Gasteiger partial charge in [0.2, 0.25) is 0 Å². The first-order chi connectivity index (χ1) is 5.34. The fraction of sp³-hybridized carbons (Fsp3) is 0.333. The van der Waals surface area contributed by atoms with Crippen LogP contribution in [0.3, 0.4) is 0 Å². The fourth-order valence-corrected chi connectivity index (χ4v) is 2.12. The Labute approximate surface area is 71.1 Å². The summed E-state index contributed by atoms with van der Waals surface area (Å²) in [4.78, 5) is 0. The highest BCUT2D eigenvalue weighted by molar-refractivity contribution is 8.02. The molecule has 58 valence electrons. The third-order valence-corrected chi connectivity index (χ3v) is 2.97. The van der Waals surface area contributed by atoms with Gasteiger partial charge < -0.3 is 4.57 Å². The van der Waals surface area contributed by atoms with Gasteiger partial charge in [-0.25, -0.2) is 0 Å². The molecule has 0 fully saturated rings. The number of fused-ring (bicyclic) bond motifs is 1. The van der Waals surface area contributed by atoms with E-state index in [1.54, 1.807) is 11.8 Å². The number of nitrogens with zero attached hydrogens (tertiary/aromatic N) is 1. The summed E-state index contributed by atoms with van der Waals surface area (Å²) in [5.41, 5.74) is 1.47. The maximum Gasteiger partial charge on any atom is 0.0799 e. The van der Waals surface area contributed by atoms with Crippen molar-refractivity contribution < 1.29 is 0 Å². The van der Waals surface area contributed by atoms with E-state index >= 15 is 0 Å². The second-order valence-corrected chi connectivity index (χ2v) is 3.66. The van der Waals surface area contributed by atoms with Gasteiger partial charge in [0.15, 0.2) is 0 Å². The van der Waals surface area contributed by atoms with Crippen LogP contribution in [0.2, 0.25) is 0 Å². The molecule has 1 atom stereocenters. The Hall–Kier alpha value is -0.630. The lowest BCUT2D eigenvalue weighted by atomic mass is 10.4. The van der Waals surface area contributed by atoms with Crippen LogP contribution >= 0.6 is 11.8 Å². The minimum atomic E-state index is 0.674. The molecule has 0 aliphatic carbocycles. The number of rotatable bonds is 2. The molecule has 0 saturated carbocycles. The van der Waals surface area contributed by atoms with Crippen LogP contribution in [0.4, 0.5) is 0 Å². The van der Waals surface area contributed by atoms with Gasteiger partial charge in [0.25, 0.3) is 0 Å². The number of hydrogen-bond donors (Lipinski definition) is 0. The quantitative estimate of drug-likeness (QED) is 0.610. The van der Waals surface area contributed by atoms with Gasteiger partial charge in [-0.2, -0.15) is 0 Å². The largest absolute Gasteiger partial charge is 0.329 e. The summed E-state index contributed by atoms with van der Waals surface area (Å²) >= 11 is 1.79. The highest BCUT2D eigenvalue weighted by Gasteiger charge is 2.29. The molecule has 2 heteroatoms. The Morgan fingerprint density at radius 2 is 2.36 bits per heavy atom. The highest BCUT2D eigenvalue weighted by Crippen LogP contribution is 2.41. The van der Waals surface area contributed by atoms with Gasteiger partial charge in [0.1, 0.15) is 0 Å². The lowest BCUT2D eigenvalue weighted by Crippen LogP contribution is -1.76. The van der Waals surface area contributed by atoms with E-state index in [1.165, 1.54) is 10.7 Å². The Morgan fingerprint density at radius 1 is 1.55 bits per heavy atom. The van der Waals surface area contributed by atoms with E-state index in [0.29, 0.717) is 6.04 Å². The SMILES string of the molecule is CC=CSc1ccc2n1C2C. The van der Waals surface area contributed by atoms with Gasteiger partial charge in [0, 0.05) is 5.69 Å². The van der Waals surface area contributed by atoms with Gasteiger partial charge in [0.05, 0.1) is 11.1 Å². The first-order valence-electron chi connectivity index (χ1n) is 3.83. The van der Waals surface area contributed by atoms with Gasteiger partial charge in [-0.05, 0) is 31.4 Å². The monoisotopic (exact) mass is 165 g/mol. The van der Waals surface area contributed by atoms with Crippen molar-refractivity contribution in [2.45, 2.75) is 24.9 Å². The average molecular weight is 165 g/mol. The predicted octanol–water partition coefficient (Wildman–Crippen LogP) is 3.04. The van der Waals surface area contributed by atoms with Crippen molar-refractivity contribution in [3.05, 3.63) is 29.3 Å². The molecule has 11 heavy (non-hydrogen) atoms. The normalized spacial score (nSPS) is 20.7. The maximum atomic E-state index is 2.35. The summed E-state index contributed by atoms with van der Waals surface area (Å²) in [6.45, 7) is 4.28. The summed E-state index contributed by atoms with van der Waals surface area (Å²) in [7, 11) is 0. The van der Waals surface area contributed by atoms with Gasteiger partial charge in [-0.15, -0.1) is 0 Å². The highest BCUT2D eigenvalue weighted by atomic mass is 32.2. The average Bonchev–Trinajstić information content (AvgIpc) is 2.46. The summed E-state index contributed by atoms with van der Waals surface area (Å²) < 4.78 is 2.35. The van der Waals surface area contributed by atoms with Crippen molar-refractivity contribution >= 4 is 11.8 Å². The van der Waals surface area contributed by atoms with Crippen LogP contribution < -0.4 is 0 Å². The topological polar surface area (TPSA) is 4.93 Å². The van der Waals surface area contributed by atoms with Crippen LogP contribution in [-0.2, 0) is 0 Å². The molecule has 0 N–H and O–H groups in total. The molecule has 0 saturated heterocycles. The second-order valence-electron chi connectivity index (χ2n) is 2.73. The molecule has 0 bridgehead atoms. The summed E-state index contributed by atoms with van der Waals surface area (Å²) in [6, 6.07) is 5.06. The summed E-state index contributed by atoms with van der Waals surface area (Å²) in [6.07, 6.45) is 2.07. The fourth-order valence-electron chi connectivity index (χ4n) is 1.33. The minimum absolute atomic E-state index is 0.674. The molecule has 1 aromatic rings. The van der Waals surface area contributed by atoms with E-state index in [1.807, 2.05) is 6.92 Å². The van der Waals surface area contributed by atoms with Crippen LogP contribution in [0.25, 0.3) is 0 Å². The Kier molecular flexibility index (Phi) is 1.57. The smallest absolute Gasteiger partial charge is 0.0799 e. The summed E-state index contributed by atoms with van der Waals surface area (Å²) in [5, 5.41) is 3.49. The van der Waals surface area contributed by atoms with Crippen LogP contribution in [-0.4, -0.2) is 4.57 Å². The zero-order valence-electron chi connectivity index (χ0n) is 6.74. The third kappa shape index (κ3) is 1.02. The number of allylic oxidation sites excluding steroid dienone is 1. The Balaban J connectivity index is 2.16. The van der Waals surface area contributed by atoms with Crippen molar-refractivity contribution in [1.29, 1.82) is 0 Å². The van der Waals surface area contributed by atoms with Crippen molar-refractivity contribution in [1.82, 2.24) is 4.57 Å². The van der Waals surface area contributed by atoms with Crippen molar-refractivity contribution in [3.8, 4) is 0 Å². The number of hydrogen-bond acceptors (Lipinski definition) is 1. The van der Waals surface area contributed by atoms with Gasteiger partial charge in [-0.1, -0.05) is 17.8 Å². The van der Waals surface area contributed by atoms with Crippen LogP contribution in [0.1, 0.15) is 25.6 Å². The van der Waals surface area contributed by atoms with Crippen LogP contribution in [0.5, 0.6) is 0 Å². The zero-order chi connectivity index (χ0) is 7.84. The molecule has 0 radical (unpaired) electrons. The first-order valence-corrected chi connectivity index (χ1v) is 4.71. The van der Waals surface area contributed by atoms with Crippen molar-refractivity contribution in [2.75, 3.05) is 0 Å². The van der Waals surface area contributed by atoms with Crippen LogP contribution in [0.15, 0.2) is 28.6 Å². The molecule has 2 rings (SSSR count). The lowest BCUT2D eigenvalue weighted by Gasteiger charge is -1.93. The number of aromatic nitrogens is 1. The molecule has 0 aromatic carbocycles. The third-order valence-electron chi connectivity index (χ3n) is 1.98. The Morgan fingerprint density at radius 3 is 2.91 bits per heavy atom. The number of thioether (sulfide) groups is 1. The molecule has 0 amide bonds. The van der Waals surface area contributed by atoms with Gasteiger partial charge >= 0.3 is 0 Å². The molecule has 2 heterocycles. The molecular formula is C9H11NS. The maximum absolute atomic E-state index is 2.35.